The quantitative estimate of drug-likeness (QED) is 0.304. The largest absolute Gasteiger partial charge is 0.416 e. The van der Waals surface area contributed by atoms with Crippen molar-refractivity contribution in [3.63, 3.8) is 0 Å². The van der Waals surface area contributed by atoms with Gasteiger partial charge in [0.05, 0.1) is 23.4 Å². The fourth-order valence-electron chi connectivity index (χ4n) is 5.27. The number of rotatable bonds is 5. The zero-order valence-corrected chi connectivity index (χ0v) is 20.1. The molecule has 4 rings (SSSR count). The first-order valence-electron chi connectivity index (χ1n) is 11.6. The average molecular weight is 520 g/mol. The van der Waals surface area contributed by atoms with Crippen LogP contribution in [0.15, 0.2) is 29.3 Å². The van der Waals surface area contributed by atoms with Crippen molar-refractivity contribution in [3.05, 3.63) is 35.4 Å². The van der Waals surface area contributed by atoms with Gasteiger partial charge in [-0.3, -0.25) is 4.99 Å². The molecule has 2 aliphatic heterocycles. The minimum atomic E-state index is -4.49. The molecule has 0 radical (unpaired) electrons. The molecule has 6 N–H and O–H groups in total. The second kappa shape index (κ2) is 9.89. The summed E-state index contributed by atoms with van der Waals surface area (Å²) in [5, 5.41) is 50.4. The Kier molecular flexibility index (Phi) is 7.52. The predicted octanol–water partition coefficient (Wildman–Crippen LogP) is -0.472. The zero-order chi connectivity index (χ0) is 26.5. The maximum absolute atomic E-state index is 13.0. The van der Waals surface area contributed by atoms with Crippen LogP contribution in [0, 0.1) is 0 Å². The summed E-state index contributed by atoms with van der Waals surface area (Å²) in [4.78, 5) is 3.96. The SMILES string of the molecule is CN=C1[C@H](O)C2OC3O[C@H](C)C[C@@](O)(CNCc4cccc(C(F)(F)F)c4)[C@]3(O)OC2[C@@H](NC)[C@H]1O. The van der Waals surface area contributed by atoms with Gasteiger partial charge in [0.1, 0.15) is 30.0 Å². The van der Waals surface area contributed by atoms with Crippen LogP contribution < -0.4 is 10.6 Å². The van der Waals surface area contributed by atoms with Gasteiger partial charge in [-0.05, 0) is 25.6 Å². The number of aliphatic hydroxyl groups is 4. The molecule has 0 aromatic heterocycles. The molecule has 3 fully saturated rings. The summed E-state index contributed by atoms with van der Waals surface area (Å²) < 4.78 is 56.7. The van der Waals surface area contributed by atoms with Gasteiger partial charge in [-0.1, -0.05) is 18.2 Å². The van der Waals surface area contributed by atoms with Gasteiger partial charge in [0.2, 0.25) is 12.1 Å². The van der Waals surface area contributed by atoms with Gasteiger partial charge in [-0.15, -0.1) is 0 Å². The van der Waals surface area contributed by atoms with Crippen LogP contribution in [0.5, 0.6) is 0 Å². The Morgan fingerprint density at radius 1 is 1.14 bits per heavy atom. The van der Waals surface area contributed by atoms with Crippen LogP contribution in [-0.4, -0.2) is 101 Å². The van der Waals surface area contributed by atoms with Crippen LogP contribution in [0.2, 0.25) is 0 Å². The number of ether oxygens (including phenoxy) is 3. The third kappa shape index (κ3) is 4.68. The molecular formula is C23H32F3N3O7. The normalized spacial score (nSPS) is 42.2. The van der Waals surface area contributed by atoms with Crippen LogP contribution in [0.3, 0.4) is 0 Å². The lowest BCUT2D eigenvalue weighted by atomic mass is 9.78. The fraction of sp³-hybridized carbons (Fsp3) is 0.696. The molecular weight excluding hydrogens is 487 g/mol. The number of benzene rings is 1. The fourth-order valence-corrected chi connectivity index (χ4v) is 5.27. The van der Waals surface area contributed by atoms with Crippen molar-refractivity contribution in [2.45, 2.75) is 80.3 Å². The first-order chi connectivity index (χ1) is 16.8. The number of aliphatic imine (C=N–C) groups is 1. The maximum Gasteiger partial charge on any atom is 0.416 e. The second-order valence-corrected chi connectivity index (χ2v) is 9.55. The Balaban J connectivity index is 1.56. The third-order valence-electron chi connectivity index (χ3n) is 7.09. The molecule has 2 heterocycles. The lowest BCUT2D eigenvalue weighted by molar-refractivity contribution is -0.477. The van der Waals surface area contributed by atoms with Gasteiger partial charge in [0.25, 0.3) is 0 Å². The van der Waals surface area contributed by atoms with Crippen LogP contribution >= 0.6 is 0 Å². The van der Waals surface area contributed by atoms with Gasteiger partial charge in [0.15, 0.2) is 0 Å². The summed E-state index contributed by atoms with van der Waals surface area (Å²) in [6.45, 7) is 1.35. The van der Waals surface area contributed by atoms with Crippen LogP contribution in [0.4, 0.5) is 13.2 Å². The summed E-state index contributed by atoms with van der Waals surface area (Å²) >= 11 is 0. The number of aliphatic hydroxyl groups excluding tert-OH is 2. The number of halogens is 3. The standard InChI is InChI=1S/C23H32F3N3O7/c1-11-8-21(32,10-29-9-12-5-4-6-13(7-12)23(24,25)26)22(33)20(34-11)35-19-17(31)14(27-2)16(30)15(28-3)18(19)36-22/h4-7,11,15-20,28-33H,8-10H2,1-3H3/t11-,15+,16+,17+,18?,19?,20?,21-,22-/m1/s1. The smallest absolute Gasteiger partial charge is 0.385 e. The number of hydrogen-bond acceptors (Lipinski definition) is 10. The molecule has 13 heteroatoms. The lowest BCUT2D eigenvalue weighted by Gasteiger charge is -2.59. The van der Waals surface area contributed by atoms with E-state index >= 15 is 0 Å². The summed E-state index contributed by atoms with van der Waals surface area (Å²) in [5.74, 6) is -2.42. The van der Waals surface area contributed by atoms with E-state index in [4.69, 9.17) is 14.2 Å². The number of alkyl halides is 3. The van der Waals surface area contributed by atoms with E-state index in [1.807, 2.05) is 0 Å². The van der Waals surface area contributed by atoms with E-state index in [2.05, 4.69) is 15.6 Å². The number of nitrogens with one attached hydrogen (secondary N) is 2. The first kappa shape index (κ1) is 27.4. The zero-order valence-electron chi connectivity index (χ0n) is 20.1. The molecule has 2 saturated heterocycles. The van der Waals surface area contributed by atoms with Gasteiger partial charge in [-0.2, -0.15) is 13.2 Å². The molecule has 10 nitrogen and oxygen atoms in total. The van der Waals surface area contributed by atoms with Crippen molar-refractivity contribution in [1.82, 2.24) is 10.6 Å². The van der Waals surface area contributed by atoms with E-state index < -0.39 is 66.0 Å². The van der Waals surface area contributed by atoms with Crippen molar-refractivity contribution >= 4 is 5.71 Å². The van der Waals surface area contributed by atoms with Crippen LogP contribution in [-0.2, 0) is 26.9 Å². The van der Waals surface area contributed by atoms with E-state index in [1.54, 1.807) is 14.0 Å². The summed E-state index contributed by atoms with van der Waals surface area (Å²) in [6.07, 6.45) is -11.4. The van der Waals surface area contributed by atoms with Crippen LogP contribution in [0.25, 0.3) is 0 Å². The second-order valence-electron chi connectivity index (χ2n) is 9.55. The third-order valence-corrected chi connectivity index (χ3v) is 7.09. The molecule has 3 unspecified atom stereocenters. The van der Waals surface area contributed by atoms with Crippen molar-refractivity contribution in [2.75, 3.05) is 20.6 Å². The Labute approximate surface area is 206 Å². The van der Waals surface area contributed by atoms with E-state index in [0.717, 1.165) is 12.1 Å². The van der Waals surface area contributed by atoms with E-state index in [0.29, 0.717) is 5.56 Å². The highest BCUT2D eigenvalue weighted by atomic mass is 19.4. The Morgan fingerprint density at radius 2 is 1.86 bits per heavy atom. The lowest BCUT2D eigenvalue weighted by Crippen LogP contribution is -2.80. The molecule has 1 aromatic rings. The van der Waals surface area contributed by atoms with E-state index in [-0.39, 0.29) is 25.2 Å². The molecule has 1 aliphatic carbocycles. The highest BCUT2D eigenvalue weighted by molar-refractivity contribution is 5.94. The van der Waals surface area contributed by atoms with Crippen molar-refractivity contribution < 1.29 is 47.8 Å². The van der Waals surface area contributed by atoms with Crippen molar-refractivity contribution in [3.8, 4) is 0 Å². The molecule has 0 spiro atoms. The molecule has 3 aliphatic rings. The number of likely N-dealkylation sites (N-methyl/N-ethyl adjacent to an activating group) is 1. The molecule has 1 aromatic carbocycles. The average Bonchev–Trinajstić information content (AvgIpc) is 2.80. The Morgan fingerprint density at radius 3 is 2.50 bits per heavy atom. The minimum absolute atomic E-state index is 0.0258. The topological polar surface area (TPSA) is 145 Å². The molecule has 1 saturated carbocycles. The molecule has 36 heavy (non-hydrogen) atoms. The molecule has 0 bridgehead atoms. The van der Waals surface area contributed by atoms with E-state index in [9.17, 15) is 33.6 Å². The number of hydrogen-bond donors (Lipinski definition) is 6. The molecule has 202 valence electrons. The van der Waals surface area contributed by atoms with Crippen LogP contribution in [0.1, 0.15) is 24.5 Å². The molecule has 0 amide bonds. The van der Waals surface area contributed by atoms with Crippen molar-refractivity contribution in [2.24, 2.45) is 4.99 Å². The first-order valence-corrected chi connectivity index (χ1v) is 11.6. The summed E-state index contributed by atoms with van der Waals surface area (Å²) in [5.41, 5.74) is -2.38. The number of nitrogens with zero attached hydrogens (tertiary/aromatic N) is 1. The van der Waals surface area contributed by atoms with Gasteiger partial charge >= 0.3 is 6.18 Å². The van der Waals surface area contributed by atoms with Gasteiger partial charge in [0, 0.05) is 26.6 Å². The Hall–Kier alpha value is -1.68. The van der Waals surface area contributed by atoms with Gasteiger partial charge in [-0.25, -0.2) is 0 Å². The Bertz CT molecular complexity index is 983. The predicted molar refractivity (Wildman–Crippen MR) is 120 cm³/mol. The minimum Gasteiger partial charge on any atom is -0.385 e. The number of fused-ring (bicyclic) bond motifs is 2. The highest BCUT2D eigenvalue weighted by Crippen LogP contribution is 2.46. The monoisotopic (exact) mass is 519 g/mol. The van der Waals surface area contributed by atoms with Gasteiger partial charge < -0.3 is 45.3 Å². The summed E-state index contributed by atoms with van der Waals surface area (Å²) in [6, 6.07) is 3.92. The van der Waals surface area contributed by atoms with E-state index in [1.165, 1.54) is 19.2 Å². The molecule has 9 atom stereocenters. The summed E-state index contributed by atoms with van der Waals surface area (Å²) in [7, 11) is 2.97. The highest BCUT2D eigenvalue weighted by Gasteiger charge is 2.68. The van der Waals surface area contributed by atoms with Crippen molar-refractivity contribution in [1.29, 1.82) is 0 Å². The maximum atomic E-state index is 13.0.